The molecule has 6 nitrogen and oxygen atoms in total. The number of nitrogens with one attached hydrogen (secondary N) is 2. The molecule has 1 unspecified atom stereocenters. The summed E-state index contributed by atoms with van der Waals surface area (Å²) in [6, 6.07) is 12.0. The Morgan fingerprint density at radius 3 is 2.39 bits per heavy atom. The number of rotatable bonds is 9. The van der Waals surface area contributed by atoms with Gasteiger partial charge in [-0.05, 0) is 30.4 Å². The first-order chi connectivity index (χ1) is 13.7. The molecule has 2 heterocycles. The van der Waals surface area contributed by atoms with Crippen LogP contribution in [0.15, 0.2) is 59.9 Å². The van der Waals surface area contributed by atoms with Gasteiger partial charge in [0.05, 0.1) is 7.11 Å². The molecule has 3 rings (SSSR count). The van der Waals surface area contributed by atoms with Crippen LogP contribution in [0.3, 0.4) is 0 Å². The monoisotopic (exact) mass is 395 g/mol. The van der Waals surface area contributed by atoms with Crippen molar-refractivity contribution in [3.8, 4) is 16.9 Å². The molecule has 2 N–H and O–H groups in total. The van der Waals surface area contributed by atoms with Gasteiger partial charge in [-0.25, -0.2) is 15.0 Å². The lowest BCUT2D eigenvalue weighted by molar-refractivity contribution is 0.416. The number of hydrogen-bond donors (Lipinski definition) is 2. The second-order valence-corrected chi connectivity index (χ2v) is 7.33. The number of anilines is 2. The summed E-state index contributed by atoms with van der Waals surface area (Å²) < 4.78 is 5.42. The minimum Gasteiger partial charge on any atom is -0.496 e. The quantitative estimate of drug-likeness (QED) is 0.519. The maximum Gasteiger partial charge on any atom is 0.222 e. The SMILES string of the molecule is COc1ccccc1-c1ccc(NCC(C)CNc2ncc(SC)cn2)nc1. The van der Waals surface area contributed by atoms with Crippen molar-refractivity contribution in [1.82, 2.24) is 15.0 Å². The Balaban J connectivity index is 1.50. The first kappa shape index (κ1) is 19.9. The number of para-hydroxylation sites is 1. The second-order valence-electron chi connectivity index (χ2n) is 6.45. The van der Waals surface area contributed by atoms with Gasteiger partial charge in [0.1, 0.15) is 11.6 Å². The summed E-state index contributed by atoms with van der Waals surface area (Å²) in [5.41, 5.74) is 2.07. The molecule has 0 spiro atoms. The molecule has 7 heteroatoms. The molecule has 0 fully saturated rings. The van der Waals surface area contributed by atoms with Crippen LogP contribution in [0.2, 0.25) is 0 Å². The topological polar surface area (TPSA) is 72.0 Å². The molecule has 0 amide bonds. The predicted octanol–water partition coefficient (Wildman–Crippen LogP) is 4.43. The lowest BCUT2D eigenvalue weighted by Gasteiger charge is -2.14. The van der Waals surface area contributed by atoms with Crippen LogP contribution in [0, 0.1) is 5.92 Å². The van der Waals surface area contributed by atoms with Crippen LogP contribution in [0.5, 0.6) is 5.75 Å². The van der Waals surface area contributed by atoms with E-state index in [0.717, 1.165) is 40.7 Å². The fraction of sp³-hybridized carbons (Fsp3) is 0.286. The summed E-state index contributed by atoms with van der Waals surface area (Å²) in [5.74, 6) is 2.74. The molecule has 0 radical (unpaired) electrons. The number of benzene rings is 1. The highest BCUT2D eigenvalue weighted by molar-refractivity contribution is 7.98. The van der Waals surface area contributed by atoms with Crippen molar-refractivity contribution in [2.24, 2.45) is 5.92 Å². The molecule has 146 valence electrons. The van der Waals surface area contributed by atoms with Gasteiger partial charge in [0.2, 0.25) is 5.95 Å². The molecule has 0 aliphatic heterocycles. The van der Waals surface area contributed by atoms with E-state index < -0.39 is 0 Å². The minimum absolute atomic E-state index is 0.388. The molecule has 28 heavy (non-hydrogen) atoms. The first-order valence-corrected chi connectivity index (χ1v) is 10.3. The predicted molar refractivity (Wildman–Crippen MR) is 116 cm³/mol. The van der Waals surface area contributed by atoms with Gasteiger partial charge in [0, 0.05) is 47.7 Å². The number of methoxy groups -OCH3 is 1. The number of ether oxygens (including phenoxy) is 1. The standard InChI is InChI=1S/C21H25N5OS/c1-15(11-24-21-25-13-17(28-3)14-26-21)10-22-20-9-8-16(12-23-20)18-6-4-5-7-19(18)27-2/h4-9,12-15H,10-11H2,1-3H3,(H,22,23)(H,24,25,26). The summed E-state index contributed by atoms with van der Waals surface area (Å²) in [7, 11) is 1.68. The first-order valence-electron chi connectivity index (χ1n) is 9.13. The second kappa shape index (κ2) is 9.94. The molecule has 3 aromatic rings. The van der Waals surface area contributed by atoms with Gasteiger partial charge in [-0.1, -0.05) is 25.1 Å². The van der Waals surface area contributed by atoms with E-state index in [4.69, 9.17) is 4.74 Å². The van der Waals surface area contributed by atoms with Gasteiger partial charge < -0.3 is 15.4 Å². The van der Waals surface area contributed by atoms with Crippen LogP contribution >= 0.6 is 11.8 Å². The molecule has 0 bridgehead atoms. The zero-order valence-corrected chi connectivity index (χ0v) is 17.2. The van der Waals surface area contributed by atoms with Gasteiger partial charge >= 0.3 is 0 Å². The number of aromatic nitrogens is 3. The van der Waals surface area contributed by atoms with E-state index in [2.05, 4.69) is 38.6 Å². The van der Waals surface area contributed by atoms with Crippen molar-refractivity contribution >= 4 is 23.5 Å². The number of hydrogen-bond acceptors (Lipinski definition) is 7. The maximum atomic E-state index is 5.42. The van der Waals surface area contributed by atoms with Crippen LogP contribution in [0.25, 0.3) is 11.1 Å². The van der Waals surface area contributed by atoms with Crippen LogP contribution in [0.4, 0.5) is 11.8 Å². The highest BCUT2D eigenvalue weighted by atomic mass is 32.2. The Morgan fingerprint density at radius 1 is 0.964 bits per heavy atom. The summed E-state index contributed by atoms with van der Waals surface area (Å²) in [6.07, 6.45) is 7.53. The zero-order chi connectivity index (χ0) is 19.8. The Kier molecular flexibility index (Phi) is 7.08. The third kappa shape index (κ3) is 5.36. The van der Waals surface area contributed by atoms with E-state index in [1.165, 1.54) is 0 Å². The molecule has 0 saturated carbocycles. The summed E-state index contributed by atoms with van der Waals surface area (Å²) in [6.45, 7) is 3.75. The van der Waals surface area contributed by atoms with E-state index in [0.29, 0.717) is 11.9 Å². The van der Waals surface area contributed by atoms with Crippen LogP contribution in [-0.2, 0) is 0 Å². The van der Waals surface area contributed by atoms with E-state index >= 15 is 0 Å². The maximum absolute atomic E-state index is 5.42. The van der Waals surface area contributed by atoms with Crippen molar-refractivity contribution in [3.63, 3.8) is 0 Å². The average Bonchev–Trinajstić information content (AvgIpc) is 2.77. The van der Waals surface area contributed by atoms with Crippen molar-refractivity contribution in [1.29, 1.82) is 0 Å². The Morgan fingerprint density at radius 2 is 1.71 bits per heavy atom. The Labute approximate surface area is 170 Å². The minimum atomic E-state index is 0.388. The van der Waals surface area contributed by atoms with Gasteiger partial charge in [-0.3, -0.25) is 0 Å². The largest absolute Gasteiger partial charge is 0.496 e. The lowest BCUT2D eigenvalue weighted by atomic mass is 10.1. The number of nitrogens with zero attached hydrogens (tertiary/aromatic N) is 3. The highest BCUT2D eigenvalue weighted by Crippen LogP contribution is 2.29. The molecular weight excluding hydrogens is 370 g/mol. The van der Waals surface area contributed by atoms with Crippen LogP contribution < -0.4 is 15.4 Å². The van der Waals surface area contributed by atoms with Crippen molar-refractivity contribution in [2.75, 3.05) is 37.1 Å². The van der Waals surface area contributed by atoms with E-state index in [1.54, 1.807) is 18.9 Å². The smallest absolute Gasteiger partial charge is 0.222 e. The fourth-order valence-electron chi connectivity index (χ4n) is 2.67. The summed E-state index contributed by atoms with van der Waals surface area (Å²) in [5, 5.41) is 6.65. The van der Waals surface area contributed by atoms with Gasteiger partial charge in [0.25, 0.3) is 0 Å². The number of pyridine rings is 1. The van der Waals surface area contributed by atoms with Crippen molar-refractivity contribution in [2.45, 2.75) is 11.8 Å². The number of thioether (sulfide) groups is 1. The Hall–Kier alpha value is -2.80. The fourth-order valence-corrected chi connectivity index (χ4v) is 2.99. The molecular formula is C21H25N5OS. The highest BCUT2D eigenvalue weighted by Gasteiger charge is 2.07. The summed E-state index contributed by atoms with van der Waals surface area (Å²) >= 11 is 1.63. The van der Waals surface area contributed by atoms with Crippen LogP contribution in [0.1, 0.15) is 6.92 Å². The van der Waals surface area contributed by atoms with Crippen molar-refractivity contribution in [3.05, 3.63) is 55.0 Å². The molecule has 1 aromatic carbocycles. The van der Waals surface area contributed by atoms with Gasteiger partial charge in [0.15, 0.2) is 0 Å². The van der Waals surface area contributed by atoms with E-state index in [9.17, 15) is 0 Å². The average molecular weight is 396 g/mol. The third-order valence-corrected chi connectivity index (χ3v) is 4.97. The molecule has 0 aliphatic carbocycles. The molecule has 2 aromatic heterocycles. The van der Waals surface area contributed by atoms with E-state index in [1.807, 2.05) is 55.2 Å². The van der Waals surface area contributed by atoms with Gasteiger partial charge in [-0.15, -0.1) is 11.8 Å². The van der Waals surface area contributed by atoms with E-state index in [-0.39, 0.29) is 0 Å². The normalized spacial score (nSPS) is 11.7. The third-order valence-electron chi connectivity index (χ3n) is 4.29. The molecule has 0 saturated heterocycles. The van der Waals surface area contributed by atoms with Crippen molar-refractivity contribution < 1.29 is 4.74 Å². The zero-order valence-electron chi connectivity index (χ0n) is 16.3. The molecule has 0 aliphatic rings. The van der Waals surface area contributed by atoms with Crippen LogP contribution in [-0.4, -0.2) is 41.4 Å². The summed E-state index contributed by atoms with van der Waals surface area (Å²) in [4.78, 5) is 14.2. The molecule has 1 atom stereocenters. The van der Waals surface area contributed by atoms with Gasteiger partial charge in [-0.2, -0.15) is 0 Å². The Bertz CT molecular complexity index is 871. The lowest BCUT2D eigenvalue weighted by Crippen LogP contribution is -2.20.